The third-order valence-electron chi connectivity index (χ3n) is 4.06. The summed E-state index contributed by atoms with van der Waals surface area (Å²) in [5, 5.41) is 3.48. The Morgan fingerprint density at radius 2 is 2.24 bits per heavy atom. The molecule has 0 unspecified atom stereocenters. The van der Waals surface area contributed by atoms with Gasteiger partial charge in [0.15, 0.2) is 0 Å². The minimum absolute atomic E-state index is 0.0259. The molecule has 112 valence electrons. The summed E-state index contributed by atoms with van der Waals surface area (Å²) < 4.78 is 0. The van der Waals surface area contributed by atoms with E-state index in [4.69, 9.17) is 0 Å². The quantitative estimate of drug-likeness (QED) is 0.927. The molecule has 1 atom stereocenters. The standard InChI is InChI=1S/C15H19N3O2S/c1-18-11-7-4-8-16-14(11)21-12(15(18)20)9-13(19)17-10-5-2-3-6-10/h4,7-8,10,12H,2-3,5-6,9H2,1H3,(H,17,19)/t12-/m0/s1. The molecule has 6 heteroatoms. The number of aromatic nitrogens is 1. The second kappa shape index (κ2) is 6.05. The Kier molecular flexibility index (Phi) is 4.14. The van der Waals surface area contributed by atoms with Gasteiger partial charge in [0, 0.05) is 25.7 Å². The molecule has 0 saturated heterocycles. The van der Waals surface area contributed by atoms with Crippen LogP contribution in [0.4, 0.5) is 5.69 Å². The highest BCUT2D eigenvalue weighted by Crippen LogP contribution is 2.37. The second-order valence-corrected chi connectivity index (χ2v) is 6.78. The molecule has 1 aromatic heterocycles. The van der Waals surface area contributed by atoms with Gasteiger partial charge < -0.3 is 10.2 Å². The van der Waals surface area contributed by atoms with Crippen molar-refractivity contribution < 1.29 is 9.59 Å². The van der Waals surface area contributed by atoms with Crippen molar-refractivity contribution in [2.45, 2.75) is 48.4 Å². The molecule has 1 aliphatic heterocycles. The number of pyridine rings is 1. The van der Waals surface area contributed by atoms with Gasteiger partial charge >= 0.3 is 0 Å². The summed E-state index contributed by atoms with van der Waals surface area (Å²) in [4.78, 5) is 30.4. The number of nitrogens with one attached hydrogen (secondary N) is 1. The van der Waals surface area contributed by atoms with Crippen LogP contribution in [0.1, 0.15) is 32.1 Å². The molecule has 1 aromatic rings. The van der Waals surface area contributed by atoms with E-state index in [2.05, 4.69) is 10.3 Å². The Balaban J connectivity index is 1.66. The molecule has 0 radical (unpaired) electrons. The molecule has 2 amide bonds. The van der Waals surface area contributed by atoms with Crippen LogP contribution < -0.4 is 10.2 Å². The van der Waals surface area contributed by atoms with E-state index >= 15 is 0 Å². The smallest absolute Gasteiger partial charge is 0.240 e. The zero-order chi connectivity index (χ0) is 14.8. The van der Waals surface area contributed by atoms with Gasteiger partial charge in [-0.3, -0.25) is 9.59 Å². The molecule has 5 nitrogen and oxygen atoms in total. The first kappa shape index (κ1) is 14.4. The lowest BCUT2D eigenvalue weighted by Gasteiger charge is -2.29. The predicted octanol–water partition coefficient (Wildman–Crippen LogP) is 1.97. The van der Waals surface area contributed by atoms with E-state index in [1.807, 2.05) is 12.1 Å². The number of hydrogen-bond donors (Lipinski definition) is 1. The summed E-state index contributed by atoms with van der Waals surface area (Å²) >= 11 is 1.39. The first-order valence-electron chi connectivity index (χ1n) is 7.34. The molecule has 3 rings (SSSR count). The van der Waals surface area contributed by atoms with Gasteiger partial charge in [0.1, 0.15) is 5.03 Å². The van der Waals surface area contributed by atoms with Crippen molar-refractivity contribution >= 4 is 29.3 Å². The molecule has 1 saturated carbocycles. The normalized spacial score (nSPS) is 22.2. The minimum Gasteiger partial charge on any atom is -0.353 e. The van der Waals surface area contributed by atoms with Crippen LogP contribution in [0, 0.1) is 0 Å². The summed E-state index contributed by atoms with van der Waals surface area (Å²) in [5.41, 5.74) is 0.819. The maximum Gasteiger partial charge on any atom is 0.240 e. The highest BCUT2D eigenvalue weighted by atomic mass is 32.2. The molecule has 21 heavy (non-hydrogen) atoms. The fourth-order valence-corrected chi connectivity index (χ4v) is 4.11. The molecule has 2 heterocycles. The number of thioether (sulfide) groups is 1. The molecule has 0 aromatic carbocycles. The molecular formula is C15H19N3O2S. The number of nitrogens with zero attached hydrogens (tertiary/aromatic N) is 2. The van der Waals surface area contributed by atoms with Gasteiger partial charge in [-0.2, -0.15) is 0 Å². The molecule has 2 aliphatic rings. The molecule has 1 fully saturated rings. The van der Waals surface area contributed by atoms with Crippen LogP contribution in [0.3, 0.4) is 0 Å². The zero-order valence-corrected chi connectivity index (χ0v) is 12.9. The topological polar surface area (TPSA) is 62.3 Å². The summed E-state index contributed by atoms with van der Waals surface area (Å²) in [6.07, 6.45) is 6.42. The first-order valence-corrected chi connectivity index (χ1v) is 8.21. The average Bonchev–Trinajstić information content (AvgIpc) is 2.97. The van der Waals surface area contributed by atoms with Crippen LogP contribution in [-0.4, -0.2) is 35.1 Å². The Morgan fingerprint density at radius 1 is 1.48 bits per heavy atom. The van der Waals surface area contributed by atoms with E-state index in [1.54, 1.807) is 18.1 Å². The van der Waals surface area contributed by atoms with Crippen LogP contribution in [0.5, 0.6) is 0 Å². The number of amides is 2. The van der Waals surface area contributed by atoms with Crippen LogP contribution in [-0.2, 0) is 9.59 Å². The fourth-order valence-electron chi connectivity index (χ4n) is 2.90. The van der Waals surface area contributed by atoms with E-state index in [-0.39, 0.29) is 23.5 Å². The van der Waals surface area contributed by atoms with Crippen molar-refractivity contribution in [3.8, 4) is 0 Å². The highest BCUT2D eigenvalue weighted by molar-refractivity contribution is 8.00. The first-order chi connectivity index (χ1) is 10.1. The number of carbonyl (C=O) groups is 2. The SMILES string of the molecule is CN1C(=O)[C@H](CC(=O)NC2CCCC2)Sc2ncccc21. The van der Waals surface area contributed by atoms with Crippen LogP contribution in [0.25, 0.3) is 0 Å². The summed E-state index contributed by atoms with van der Waals surface area (Å²) in [6.45, 7) is 0. The monoisotopic (exact) mass is 305 g/mol. The Labute approximate surface area is 128 Å². The third kappa shape index (κ3) is 3.05. The predicted molar refractivity (Wildman–Crippen MR) is 82.3 cm³/mol. The number of hydrogen-bond acceptors (Lipinski definition) is 4. The third-order valence-corrected chi connectivity index (χ3v) is 5.25. The summed E-state index contributed by atoms with van der Waals surface area (Å²) in [6, 6.07) is 3.99. The van der Waals surface area contributed by atoms with E-state index < -0.39 is 0 Å². The number of rotatable bonds is 3. The van der Waals surface area contributed by atoms with E-state index in [9.17, 15) is 9.59 Å². The number of carbonyl (C=O) groups excluding carboxylic acids is 2. The lowest BCUT2D eigenvalue weighted by Crippen LogP contribution is -2.42. The van der Waals surface area contributed by atoms with Crippen molar-refractivity contribution in [1.82, 2.24) is 10.3 Å². The van der Waals surface area contributed by atoms with Crippen LogP contribution in [0.15, 0.2) is 23.4 Å². The largest absolute Gasteiger partial charge is 0.353 e. The van der Waals surface area contributed by atoms with Crippen LogP contribution >= 0.6 is 11.8 Å². The summed E-state index contributed by atoms with van der Waals surface area (Å²) in [7, 11) is 1.74. The number of anilines is 1. The van der Waals surface area contributed by atoms with Gasteiger partial charge in [0.2, 0.25) is 11.8 Å². The Hall–Kier alpha value is -1.56. The molecule has 0 bridgehead atoms. The lowest BCUT2D eigenvalue weighted by molar-refractivity contribution is -0.125. The van der Waals surface area contributed by atoms with Gasteiger partial charge in [0.05, 0.1) is 10.9 Å². The van der Waals surface area contributed by atoms with E-state index in [1.165, 1.54) is 24.6 Å². The Bertz CT molecular complexity index is 558. The summed E-state index contributed by atoms with van der Waals surface area (Å²) in [5.74, 6) is -0.0531. The molecular weight excluding hydrogens is 286 g/mol. The van der Waals surface area contributed by atoms with Crippen molar-refractivity contribution in [3.63, 3.8) is 0 Å². The maximum atomic E-state index is 12.4. The van der Waals surface area contributed by atoms with Gasteiger partial charge in [-0.15, -0.1) is 0 Å². The van der Waals surface area contributed by atoms with E-state index in [0.717, 1.165) is 23.6 Å². The average molecular weight is 305 g/mol. The fraction of sp³-hybridized carbons (Fsp3) is 0.533. The van der Waals surface area contributed by atoms with Gasteiger partial charge in [-0.1, -0.05) is 24.6 Å². The van der Waals surface area contributed by atoms with Crippen LogP contribution in [0.2, 0.25) is 0 Å². The Morgan fingerprint density at radius 3 is 3.00 bits per heavy atom. The van der Waals surface area contributed by atoms with Gasteiger partial charge in [-0.25, -0.2) is 4.98 Å². The van der Waals surface area contributed by atoms with E-state index in [0.29, 0.717) is 6.04 Å². The lowest BCUT2D eigenvalue weighted by atomic mass is 10.2. The molecule has 0 spiro atoms. The zero-order valence-electron chi connectivity index (χ0n) is 12.0. The molecule has 1 N–H and O–H groups in total. The highest BCUT2D eigenvalue weighted by Gasteiger charge is 2.34. The van der Waals surface area contributed by atoms with Crippen molar-refractivity contribution in [2.75, 3.05) is 11.9 Å². The number of fused-ring (bicyclic) bond motifs is 1. The minimum atomic E-state index is -0.376. The maximum absolute atomic E-state index is 12.4. The van der Waals surface area contributed by atoms with Gasteiger partial charge in [0.25, 0.3) is 0 Å². The van der Waals surface area contributed by atoms with Crippen molar-refractivity contribution in [3.05, 3.63) is 18.3 Å². The second-order valence-electron chi connectivity index (χ2n) is 5.58. The molecule has 1 aliphatic carbocycles. The van der Waals surface area contributed by atoms with Gasteiger partial charge in [-0.05, 0) is 25.0 Å². The van der Waals surface area contributed by atoms with Crippen molar-refractivity contribution in [1.29, 1.82) is 0 Å². The van der Waals surface area contributed by atoms with Crippen molar-refractivity contribution in [2.24, 2.45) is 0 Å².